The maximum atomic E-state index is 12.5. The Labute approximate surface area is 124 Å². The molecule has 1 atom stereocenters. The summed E-state index contributed by atoms with van der Waals surface area (Å²) in [6.07, 6.45) is -3.94. The highest BCUT2D eigenvalue weighted by Gasteiger charge is 2.31. The molecule has 0 fully saturated rings. The van der Waals surface area contributed by atoms with Crippen molar-refractivity contribution >= 4 is 21.6 Å². The minimum atomic E-state index is -4.37. The van der Waals surface area contributed by atoms with Gasteiger partial charge in [-0.15, -0.1) is 0 Å². The fourth-order valence-corrected chi connectivity index (χ4v) is 2.05. The van der Waals surface area contributed by atoms with Crippen LogP contribution in [0.1, 0.15) is 18.9 Å². The summed E-state index contributed by atoms with van der Waals surface area (Å²) in [6.45, 7) is 2.25. The number of ether oxygens (including phenoxy) is 1. The van der Waals surface area contributed by atoms with E-state index in [1.165, 1.54) is 13.2 Å². The maximum absolute atomic E-state index is 12.5. The number of hydrogen-bond donors (Lipinski definition) is 2. The first-order valence-electron chi connectivity index (χ1n) is 5.98. The van der Waals surface area contributed by atoms with Crippen molar-refractivity contribution in [2.75, 3.05) is 25.6 Å². The average molecular weight is 356 g/mol. The minimum Gasteiger partial charge on any atom is -0.388 e. The molecule has 0 heterocycles. The fourth-order valence-electron chi connectivity index (χ4n) is 1.53. The van der Waals surface area contributed by atoms with E-state index in [-0.39, 0.29) is 6.54 Å². The lowest BCUT2D eigenvalue weighted by molar-refractivity contribution is -0.137. The van der Waals surface area contributed by atoms with Crippen molar-refractivity contribution in [1.82, 2.24) is 0 Å². The number of alkyl halides is 3. The molecule has 114 valence electrons. The molecule has 0 aliphatic rings. The SMILES string of the molecule is COCCC(C)(O)CNc1ccc(C(F)(F)F)cc1Br. The predicted molar refractivity (Wildman–Crippen MR) is 74.8 cm³/mol. The standard InChI is InChI=1S/C13H17BrF3NO2/c1-12(19,5-6-20-2)8-18-11-4-3-9(7-10(11)14)13(15,16)17/h3-4,7,18-19H,5-6,8H2,1-2H3. The zero-order valence-corrected chi connectivity index (χ0v) is 12.8. The minimum absolute atomic E-state index is 0.209. The largest absolute Gasteiger partial charge is 0.416 e. The highest BCUT2D eigenvalue weighted by Crippen LogP contribution is 2.34. The van der Waals surface area contributed by atoms with Gasteiger partial charge >= 0.3 is 6.18 Å². The van der Waals surface area contributed by atoms with Gasteiger partial charge in [0.1, 0.15) is 0 Å². The van der Waals surface area contributed by atoms with E-state index in [1.54, 1.807) is 6.92 Å². The van der Waals surface area contributed by atoms with Gasteiger partial charge in [0.05, 0.1) is 11.2 Å². The van der Waals surface area contributed by atoms with Crippen molar-refractivity contribution in [3.63, 3.8) is 0 Å². The third-order valence-corrected chi connectivity index (χ3v) is 3.46. The molecule has 3 nitrogen and oxygen atoms in total. The van der Waals surface area contributed by atoms with Crippen LogP contribution in [-0.2, 0) is 10.9 Å². The van der Waals surface area contributed by atoms with Crippen LogP contribution in [0.25, 0.3) is 0 Å². The van der Waals surface area contributed by atoms with E-state index in [1.807, 2.05) is 0 Å². The van der Waals surface area contributed by atoms with Crippen LogP contribution in [0.3, 0.4) is 0 Å². The number of hydrogen-bond acceptors (Lipinski definition) is 3. The highest BCUT2D eigenvalue weighted by atomic mass is 79.9. The number of anilines is 1. The fraction of sp³-hybridized carbons (Fsp3) is 0.538. The normalized spacial score (nSPS) is 14.9. The van der Waals surface area contributed by atoms with Gasteiger partial charge < -0.3 is 15.2 Å². The number of methoxy groups -OCH3 is 1. The van der Waals surface area contributed by atoms with Gasteiger partial charge in [-0.2, -0.15) is 13.2 Å². The second kappa shape index (κ2) is 6.78. The quantitative estimate of drug-likeness (QED) is 0.817. The van der Waals surface area contributed by atoms with Crippen molar-refractivity contribution in [2.45, 2.75) is 25.1 Å². The van der Waals surface area contributed by atoms with Crippen LogP contribution in [0.5, 0.6) is 0 Å². The molecule has 1 unspecified atom stereocenters. The van der Waals surface area contributed by atoms with Gasteiger partial charge in [0.15, 0.2) is 0 Å². The number of aliphatic hydroxyl groups is 1. The van der Waals surface area contributed by atoms with Crippen LogP contribution < -0.4 is 5.32 Å². The molecule has 20 heavy (non-hydrogen) atoms. The van der Waals surface area contributed by atoms with Gasteiger partial charge in [0.2, 0.25) is 0 Å². The summed E-state index contributed by atoms with van der Waals surface area (Å²) in [7, 11) is 1.54. The molecule has 0 aromatic heterocycles. The van der Waals surface area contributed by atoms with E-state index in [0.717, 1.165) is 12.1 Å². The van der Waals surface area contributed by atoms with Gasteiger partial charge in [-0.25, -0.2) is 0 Å². The second-order valence-corrected chi connectivity index (χ2v) is 5.64. The zero-order valence-electron chi connectivity index (χ0n) is 11.2. The average Bonchev–Trinajstić information content (AvgIpc) is 2.34. The lowest BCUT2D eigenvalue weighted by Gasteiger charge is -2.24. The Hall–Kier alpha value is -0.790. The van der Waals surface area contributed by atoms with Gasteiger partial charge in [0, 0.05) is 36.8 Å². The van der Waals surface area contributed by atoms with Crippen LogP contribution in [0.15, 0.2) is 22.7 Å². The number of rotatable bonds is 6. The molecule has 0 amide bonds. The van der Waals surface area contributed by atoms with Crippen molar-refractivity contribution in [2.24, 2.45) is 0 Å². The van der Waals surface area contributed by atoms with Crippen LogP contribution in [0, 0.1) is 0 Å². The lowest BCUT2D eigenvalue weighted by Crippen LogP contribution is -2.34. The molecule has 0 spiro atoms. The Bertz CT molecular complexity index is 450. The van der Waals surface area contributed by atoms with E-state index in [2.05, 4.69) is 21.2 Å². The topological polar surface area (TPSA) is 41.5 Å². The first-order chi connectivity index (χ1) is 9.15. The van der Waals surface area contributed by atoms with Crippen molar-refractivity contribution in [1.29, 1.82) is 0 Å². The van der Waals surface area contributed by atoms with E-state index < -0.39 is 17.3 Å². The lowest BCUT2D eigenvalue weighted by atomic mass is 10.0. The molecule has 0 saturated carbocycles. The Morgan fingerprint density at radius 2 is 2.00 bits per heavy atom. The van der Waals surface area contributed by atoms with Gasteiger partial charge in [-0.3, -0.25) is 0 Å². The van der Waals surface area contributed by atoms with Crippen LogP contribution in [-0.4, -0.2) is 31.0 Å². The molecule has 0 saturated heterocycles. The molecule has 1 aromatic carbocycles. The molecule has 2 N–H and O–H groups in total. The summed E-state index contributed by atoms with van der Waals surface area (Å²) in [6, 6.07) is 3.34. The summed E-state index contributed by atoms with van der Waals surface area (Å²) < 4.78 is 42.7. The third-order valence-electron chi connectivity index (χ3n) is 2.80. The van der Waals surface area contributed by atoms with E-state index in [9.17, 15) is 18.3 Å². The Morgan fingerprint density at radius 1 is 1.35 bits per heavy atom. The van der Waals surface area contributed by atoms with Crippen LogP contribution in [0.4, 0.5) is 18.9 Å². The van der Waals surface area contributed by atoms with Crippen molar-refractivity contribution in [3.05, 3.63) is 28.2 Å². The van der Waals surface area contributed by atoms with E-state index in [4.69, 9.17) is 4.74 Å². The van der Waals surface area contributed by atoms with Gasteiger partial charge in [-0.1, -0.05) is 0 Å². The molecule has 1 rings (SSSR count). The monoisotopic (exact) mass is 355 g/mol. The van der Waals surface area contributed by atoms with Crippen LogP contribution >= 0.6 is 15.9 Å². The number of nitrogens with one attached hydrogen (secondary N) is 1. The van der Waals surface area contributed by atoms with E-state index >= 15 is 0 Å². The van der Waals surface area contributed by atoms with E-state index in [0.29, 0.717) is 23.2 Å². The molecular formula is C13H17BrF3NO2. The summed E-state index contributed by atoms with van der Waals surface area (Å²) in [4.78, 5) is 0. The summed E-state index contributed by atoms with van der Waals surface area (Å²) in [5.74, 6) is 0. The first-order valence-corrected chi connectivity index (χ1v) is 6.77. The Balaban J connectivity index is 2.70. The first kappa shape index (κ1) is 17.3. The summed E-state index contributed by atoms with van der Waals surface area (Å²) in [5.41, 5.74) is -1.23. The molecule has 1 aromatic rings. The summed E-state index contributed by atoms with van der Waals surface area (Å²) >= 11 is 3.09. The second-order valence-electron chi connectivity index (χ2n) is 4.79. The zero-order chi connectivity index (χ0) is 15.4. The summed E-state index contributed by atoms with van der Waals surface area (Å²) in [5, 5.41) is 13.0. The van der Waals surface area contributed by atoms with Crippen molar-refractivity contribution in [3.8, 4) is 0 Å². The molecule has 0 bridgehead atoms. The smallest absolute Gasteiger partial charge is 0.388 e. The highest BCUT2D eigenvalue weighted by molar-refractivity contribution is 9.10. The Morgan fingerprint density at radius 3 is 2.50 bits per heavy atom. The third kappa shape index (κ3) is 5.30. The molecule has 0 radical (unpaired) electrons. The number of halogens is 4. The molecule has 0 aliphatic carbocycles. The Kier molecular flexibility index (Phi) is 5.85. The molecule has 0 aliphatic heterocycles. The van der Waals surface area contributed by atoms with Crippen molar-refractivity contribution < 1.29 is 23.0 Å². The predicted octanol–water partition coefficient (Wildman–Crippen LogP) is 3.67. The maximum Gasteiger partial charge on any atom is 0.416 e. The molecule has 7 heteroatoms. The van der Waals surface area contributed by atoms with Crippen LogP contribution in [0.2, 0.25) is 0 Å². The van der Waals surface area contributed by atoms with Gasteiger partial charge in [-0.05, 0) is 41.1 Å². The number of benzene rings is 1. The van der Waals surface area contributed by atoms with Gasteiger partial charge in [0.25, 0.3) is 0 Å². The molecular weight excluding hydrogens is 339 g/mol.